The number of piperazine rings is 1. The van der Waals surface area contributed by atoms with Crippen LogP contribution in [-0.2, 0) is 16.0 Å². The van der Waals surface area contributed by atoms with Crippen LogP contribution >= 0.6 is 0 Å². The third-order valence-corrected chi connectivity index (χ3v) is 8.01. The Bertz CT molecular complexity index is 1600. The fourth-order valence-corrected chi connectivity index (χ4v) is 5.73. The van der Waals surface area contributed by atoms with Crippen molar-refractivity contribution in [3.05, 3.63) is 78.2 Å². The molecule has 6 rings (SSSR count). The molecular formula is C34H40N6O4. The van der Waals surface area contributed by atoms with E-state index < -0.39 is 5.60 Å². The standard InChI is InChI=1S/C34H40N6O4/c1-34(2,3)44-33(42)39-19-17-38(18-20-39)23-24-7-9-25(10-8-24)26-11-12-29-28(22-26)31(32(41)36-27-13-15-35-16-14-27)37-40(29)30-6-4-5-21-43-30/h7-16,22,30H,4-6,17-21,23H2,1-3H3,(H,35,36,41). The van der Waals surface area contributed by atoms with E-state index in [1.165, 1.54) is 5.56 Å². The third-order valence-electron chi connectivity index (χ3n) is 8.01. The van der Waals surface area contributed by atoms with E-state index in [0.717, 1.165) is 60.9 Å². The second-order valence-corrected chi connectivity index (χ2v) is 12.5. The number of benzene rings is 2. The number of ether oxygens (including phenoxy) is 2. The molecule has 0 saturated carbocycles. The minimum atomic E-state index is -0.487. The molecule has 4 heterocycles. The SMILES string of the molecule is CC(C)(C)OC(=O)N1CCN(Cc2ccc(-c3ccc4c(c3)c(C(=O)Nc3ccncc3)nn4C3CCCCO3)cc2)CC1. The summed E-state index contributed by atoms with van der Waals surface area (Å²) in [5, 5.41) is 8.53. The van der Waals surface area contributed by atoms with E-state index in [9.17, 15) is 9.59 Å². The third kappa shape index (κ3) is 6.92. The lowest BCUT2D eigenvalue weighted by Crippen LogP contribution is -2.49. The number of anilines is 1. The molecule has 2 saturated heterocycles. The molecule has 2 aliphatic heterocycles. The molecule has 2 aromatic heterocycles. The molecule has 1 atom stereocenters. The quantitative estimate of drug-likeness (QED) is 0.287. The van der Waals surface area contributed by atoms with Crippen LogP contribution in [0.5, 0.6) is 0 Å². The highest BCUT2D eigenvalue weighted by Crippen LogP contribution is 2.32. The highest BCUT2D eigenvalue weighted by atomic mass is 16.6. The van der Waals surface area contributed by atoms with E-state index in [2.05, 4.69) is 45.5 Å². The summed E-state index contributed by atoms with van der Waals surface area (Å²) in [6.07, 6.45) is 5.82. The summed E-state index contributed by atoms with van der Waals surface area (Å²) in [5.74, 6) is -0.268. The first kappa shape index (κ1) is 29.8. The van der Waals surface area contributed by atoms with Crippen molar-refractivity contribution in [2.75, 3.05) is 38.1 Å². The molecular weight excluding hydrogens is 556 g/mol. The summed E-state index contributed by atoms with van der Waals surface area (Å²) in [5.41, 5.74) is 4.71. The molecule has 0 aliphatic carbocycles. The number of carbonyl (C=O) groups is 2. The fourth-order valence-electron chi connectivity index (χ4n) is 5.73. The Kier molecular flexibility index (Phi) is 8.63. The minimum Gasteiger partial charge on any atom is -0.444 e. The van der Waals surface area contributed by atoms with Crippen LogP contribution in [0.3, 0.4) is 0 Å². The average molecular weight is 597 g/mol. The molecule has 2 aliphatic rings. The summed E-state index contributed by atoms with van der Waals surface area (Å²) in [6, 6.07) is 18.2. The molecule has 10 nitrogen and oxygen atoms in total. The van der Waals surface area contributed by atoms with Crippen molar-refractivity contribution in [1.82, 2.24) is 24.6 Å². The monoisotopic (exact) mass is 596 g/mol. The van der Waals surface area contributed by atoms with Crippen LogP contribution < -0.4 is 5.32 Å². The molecule has 44 heavy (non-hydrogen) atoms. The van der Waals surface area contributed by atoms with Gasteiger partial charge in [0, 0.05) is 62.8 Å². The molecule has 2 fully saturated rings. The Labute approximate surface area is 258 Å². The second kappa shape index (κ2) is 12.8. The zero-order valence-corrected chi connectivity index (χ0v) is 25.7. The zero-order chi connectivity index (χ0) is 30.7. The first-order valence-corrected chi connectivity index (χ1v) is 15.4. The molecule has 230 valence electrons. The van der Waals surface area contributed by atoms with Crippen molar-refractivity contribution in [2.45, 2.75) is 58.4 Å². The van der Waals surface area contributed by atoms with E-state index in [1.807, 2.05) is 37.6 Å². The van der Waals surface area contributed by atoms with Crippen molar-refractivity contribution in [1.29, 1.82) is 0 Å². The van der Waals surface area contributed by atoms with Crippen LogP contribution in [0.25, 0.3) is 22.0 Å². The summed E-state index contributed by atoms with van der Waals surface area (Å²) in [4.78, 5) is 34.0. The first-order valence-electron chi connectivity index (χ1n) is 15.4. The van der Waals surface area contributed by atoms with Crippen molar-refractivity contribution in [2.24, 2.45) is 0 Å². The molecule has 0 bridgehead atoms. The van der Waals surface area contributed by atoms with Gasteiger partial charge in [-0.25, -0.2) is 9.48 Å². The van der Waals surface area contributed by atoms with Crippen molar-refractivity contribution >= 4 is 28.6 Å². The molecule has 1 N–H and O–H groups in total. The number of hydrogen-bond acceptors (Lipinski definition) is 7. The Morgan fingerprint density at radius 1 is 0.955 bits per heavy atom. The average Bonchev–Trinajstić information content (AvgIpc) is 3.41. The van der Waals surface area contributed by atoms with Gasteiger partial charge in [-0.05, 0) is 81.0 Å². The molecule has 0 radical (unpaired) electrons. The van der Waals surface area contributed by atoms with Gasteiger partial charge in [0.2, 0.25) is 0 Å². The highest BCUT2D eigenvalue weighted by Gasteiger charge is 2.27. The molecule has 2 amide bonds. The number of pyridine rings is 1. The second-order valence-electron chi connectivity index (χ2n) is 12.5. The zero-order valence-electron chi connectivity index (χ0n) is 25.7. The van der Waals surface area contributed by atoms with Crippen LogP contribution in [0.2, 0.25) is 0 Å². The predicted octanol–water partition coefficient (Wildman–Crippen LogP) is 6.10. The number of hydrogen-bond donors (Lipinski definition) is 1. The molecule has 1 unspecified atom stereocenters. The maximum absolute atomic E-state index is 13.4. The lowest BCUT2D eigenvalue weighted by atomic mass is 10.0. The fraction of sp³-hybridized carbons (Fsp3) is 0.412. The Hall–Kier alpha value is -4.28. The lowest BCUT2D eigenvalue weighted by molar-refractivity contribution is -0.0367. The summed E-state index contributed by atoms with van der Waals surface area (Å²) < 4.78 is 13.4. The van der Waals surface area contributed by atoms with E-state index in [4.69, 9.17) is 14.6 Å². The number of nitrogens with one attached hydrogen (secondary N) is 1. The number of aromatic nitrogens is 3. The van der Waals surface area contributed by atoms with Gasteiger partial charge in [-0.1, -0.05) is 30.3 Å². The number of nitrogens with zero attached hydrogens (tertiary/aromatic N) is 5. The lowest BCUT2D eigenvalue weighted by Gasteiger charge is -2.35. The van der Waals surface area contributed by atoms with Gasteiger partial charge in [0.15, 0.2) is 11.9 Å². The number of amides is 2. The van der Waals surface area contributed by atoms with Gasteiger partial charge >= 0.3 is 6.09 Å². The van der Waals surface area contributed by atoms with Gasteiger partial charge < -0.3 is 19.7 Å². The molecule has 10 heteroatoms. The maximum atomic E-state index is 13.4. The van der Waals surface area contributed by atoms with E-state index in [-0.39, 0.29) is 18.2 Å². The maximum Gasteiger partial charge on any atom is 0.410 e. The Balaban J connectivity index is 1.18. The van der Waals surface area contributed by atoms with Crippen LogP contribution in [-0.4, -0.2) is 75.0 Å². The normalized spacial score (nSPS) is 17.9. The predicted molar refractivity (Wildman–Crippen MR) is 169 cm³/mol. The van der Waals surface area contributed by atoms with Gasteiger partial charge in [-0.2, -0.15) is 5.10 Å². The van der Waals surface area contributed by atoms with Crippen LogP contribution in [0.15, 0.2) is 67.0 Å². The summed E-state index contributed by atoms with van der Waals surface area (Å²) in [7, 11) is 0. The van der Waals surface area contributed by atoms with Crippen LogP contribution in [0.1, 0.15) is 62.3 Å². The Morgan fingerprint density at radius 3 is 2.36 bits per heavy atom. The van der Waals surface area contributed by atoms with Crippen molar-refractivity contribution in [3.8, 4) is 11.1 Å². The van der Waals surface area contributed by atoms with E-state index >= 15 is 0 Å². The van der Waals surface area contributed by atoms with Gasteiger partial charge in [-0.15, -0.1) is 0 Å². The van der Waals surface area contributed by atoms with Gasteiger partial charge in [-0.3, -0.25) is 14.7 Å². The smallest absolute Gasteiger partial charge is 0.410 e. The van der Waals surface area contributed by atoms with Crippen LogP contribution in [0.4, 0.5) is 10.5 Å². The number of rotatable bonds is 6. The van der Waals surface area contributed by atoms with Crippen molar-refractivity contribution in [3.63, 3.8) is 0 Å². The highest BCUT2D eigenvalue weighted by molar-refractivity contribution is 6.11. The number of carbonyl (C=O) groups excluding carboxylic acids is 2. The Morgan fingerprint density at radius 2 is 1.68 bits per heavy atom. The molecule has 2 aromatic carbocycles. The van der Waals surface area contributed by atoms with Gasteiger partial charge in [0.25, 0.3) is 5.91 Å². The van der Waals surface area contributed by atoms with Crippen molar-refractivity contribution < 1.29 is 19.1 Å². The molecule has 0 spiro atoms. The minimum absolute atomic E-state index is 0.190. The van der Waals surface area contributed by atoms with Gasteiger partial charge in [0.05, 0.1) is 5.52 Å². The molecule has 4 aromatic rings. The van der Waals surface area contributed by atoms with E-state index in [0.29, 0.717) is 31.1 Å². The summed E-state index contributed by atoms with van der Waals surface area (Å²) >= 11 is 0. The topological polar surface area (TPSA) is 102 Å². The number of fused-ring (bicyclic) bond motifs is 1. The first-order chi connectivity index (χ1) is 21.2. The van der Waals surface area contributed by atoms with Gasteiger partial charge in [0.1, 0.15) is 5.60 Å². The van der Waals surface area contributed by atoms with Crippen LogP contribution in [0, 0.1) is 0 Å². The van der Waals surface area contributed by atoms with E-state index in [1.54, 1.807) is 29.4 Å². The summed E-state index contributed by atoms with van der Waals surface area (Å²) in [6.45, 7) is 10.1. The largest absolute Gasteiger partial charge is 0.444 e.